The fourth-order valence-electron chi connectivity index (χ4n) is 2.22. The lowest BCUT2D eigenvalue weighted by atomic mass is 10.1. The van der Waals surface area contributed by atoms with E-state index in [1.807, 2.05) is 12.1 Å². The van der Waals surface area contributed by atoms with E-state index >= 15 is 0 Å². The van der Waals surface area contributed by atoms with Crippen LogP contribution in [-0.2, 0) is 0 Å². The maximum absolute atomic E-state index is 5.94. The molecular formula is C12H17ClN2. The van der Waals surface area contributed by atoms with Crippen molar-refractivity contribution in [3.05, 3.63) is 28.8 Å². The van der Waals surface area contributed by atoms with Crippen molar-refractivity contribution in [1.29, 1.82) is 0 Å². The minimum absolute atomic E-state index is 0.653. The highest BCUT2D eigenvalue weighted by molar-refractivity contribution is 6.30. The summed E-state index contributed by atoms with van der Waals surface area (Å²) in [6, 6.07) is 6.09. The van der Waals surface area contributed by atoms with Crippen molar-refractivity contribution in [2.24, 2.45) is 11.7 Å². The molecule has 1 fully saturated rings. The van der Waals surface area contributed by atoms with Crippen molar-refractivity contribution in [2.75, 3.05) is 24.5 Å². The second-order valence-electron chi connectivity index (χ2n) is 4.27. The molecule has 0 aliphatic carbocycles. The number of nitrogens with zero attached hydrogens (tertiary/aromatic N) is 1. The van der Waals surface area contributed by atoms with Gasteiger partial charge in [-0.1, -0.05) is 11.6 Å². The van der Waals surface area contributed by atoms with Gasteiger partial charge in [0.2, 0.25) is 0 Å². The second-order valence-corrected chi connectivity index (χ2v) is 4.70. The van der Waals surface area contributed by atoms with Crippen LogP contribution in [0, 0.1) is 12.8 Å². The molecule has 0 saturated carbocycles. The Kier molecular flexibility index (Phi) is 3.17. The van der Waals surface area contributed by atoms with E-state index in [0.717, 1.165) is 24.7 Å². The standard InChI is InChI=1S/C12H17ClN2/c1-9-6-11(13)2-3-12(9)15-5-4-10(7-14)8-15/h2-3,6,10H,4-5,7-8,14H2,1H3. The van der Waals surface area contributed by atoms with E-state index in [1.165, 1.54) is 17.7 Å². The summed E-state index contributed by atoms with van der Waals surface area (Å²) in [7, 11) is 0. The maximum Gasteiger partial charge on any atom is 0.0410 e. The Labute approximate surface area is 96.0 Å². The van der Waals surface area contributed by atoms with Crippen LogP contribution < -0.4 is 10.6 Å². The number of anilines is 1. The summed E-state index contributed by atoms with van der Waals surface area (Å²) in [5.74, 6) is 0.653. The summed E-state index contributed by atoms with van der Waals surface area (Å²) in [4.78, 5) is 2.41. The molecule has 1 aromatic carbocycles. The fourth-order valence-corrected chi connectivity index (χ4v) is 2.44. The van der Waals surface area contributed by atoms with Gasteiger partial charge in [0.25, 0.3) is 0 Å². The van der Waals surface area contributed by atoms with Gasteiger partial charge in [-0.15, -0.1) is 0 Å². The van der Waals surface area contributed by atoms with Gasteiger partial charge >= 0.3 is 0 Å². The number of rotatable bonds is 2. The molecule has 1 unspecified atom stereocenters. The van der Waals surface area contributed by atoms with Gasteiger partial charge in [0.05, 0.1) is 0 Å². The first-order valence-electron chi connectivity index (χ1n) is 5.42. The molecule has 2 N–H and O–H groups in total. The van der Waals surface area contributed by atoms with Gasteiger partial charge in [0, 0.05) is 23.8 Å². The number of hydrogen-bond donors (Lipinski definition) is 1. The lowest BCUT2D eigenvalue weighted by Gasteiger charge is -2.20. The number of aryl methyl sites for hydroxylation is 1. The minimum Gasteiger partial charge on any atom is -0.371 e. The van der Waals surface area contributed by atoms with Gasteiger partial charge in [0.1, 0.15) is 0 Å². The fraction of sp³-hybridized carbons (Fsp3) is 0.500. The van der Waals surface area contributed by atoms with Crippen molar-refractivity contribution >= 4 is 17.3 Å². The Balaban J connectivity index is 2.17. The molecule has 15 heavy (non-hydrogen) atoms. The molecule has 0 bridgehead atoms. The van der Waals surface area contributed by atoms with Crippen LogP contribution in [0.1, 0.15) is 12.0 Å². The molecule has 1 atom stereocenters. The van der Waals surface area contributed by atoms with Gasteiger partial charge in [-0.2, -0.15) is 0 Å². The van der Waals surface area contributed by atoms with Crippen molar-refractivity contribution in [2.45, 2.75) is 13.3 Å². The van der Waals surface area contributed by atoms with Crippen LogP contribution in [0.3, 0.4) is 0 Å². The number of benzene rings is 1. The molecule has 82 valence electrons. The molecule has 0 aromatic heterocycles. The van der Waals surface area contributed by atoms with E-state index in [-0.39, 0.29) is 0 Å². The van der Waals surface area contributed by atoms with Crippen LogP contribution in [-0.4, -0.2) is 19.6 Å². The summed E-state index contributed by atoms with van der Waals surface area (Å²) in [5.41, 5.74) is 8.24. The third kappa shape index (κ3) is 2.27. The first-order chi connectivity index (χ1) is 7.20. The van der Waals surface area contributed by atoms with E-state index < -0.39 is 0 Å². The van der Waals surface area contributed by atoms with Crippen LogP contribution in [0.15, 0.2) is 18.2 Å². The van der Waals surface area contributed by atoms with Crippen molar-refractivity contribution in [3.8, 4) is 0 Å². The molecule has 0 amide bonds. The molecule has 1 saturated heterocycles. The third-order valence-corrected chi connectivity index (χ3v) is 3.35. The van der Waals surface area contributed by atoms with Gasteiger partial charge in [0.15, 0.2) is 0 Å². The van der Waals surface area contributed by atoms with Crippen LogP contribution in [0.5, 0.6) is 0 Å². The van der Waals surface area contributed by atoms with E-state index in [1.54, 1.807) is 0 Å². The zero-order chi connectivity index (χ0) is 10.8. The van der Waals surface area contributed by atoms with Crippen LogP contribution in [0.4, 0.5) is 5.69 Å². The average Bonchev–Trinajstić information content (AvgIpc) is 2.66. The topological polar surface area (TPSA) is 29.3 Å². The lowest BCUT2D eigenvalue weighted by Crippen LogP contribution is -2.23. The van der Waals surface area contributed by atoms with E-state index in [4.69, 9.17) is 17.3 Å². The van der Waals surface area contributed by atoms with Gasteiger partial charge in [-0.3, -0.25) is 0 Å². The molecule has 2 nitrogen and oxygen atoms in total. The highest BCUT2D eigenvalue weighted by Gasteiger charge is 2.22. The predicted octanol–water partition coefficient (Wildman–Crippen LogP) is 2.43. The Hall–Kier alpha value is -0.730. The van der Waals surface area contributed by atoms with Crippen molar-refractivity contribution in [3.63, 3.8) is 0 Å². The largest absolute Gasteiger partial charge is 0.371 e. The van der Waals surface area contributed by atoms with Crippen LogP contribution >= 0.6 is 11.6 Å². The summed E-state index contributed by atoms with van der Waals surface area (Å²) in [5, 5.41) is 0.811. The van der Waals surface area contributed by atoms with E-state index in [2.05, 4.69) is 17.9 Å². The second kappa shape index (κ2) is 4.42. The molecule has 1 aliphatic heterocycles. The zero-order valence-corrected chi connectivity index (χ0v) is 9.80. The predicted molar refractivity (Wildman–Crippen MR) is 65.6 cm³/mol. The molecule has 2 rings (SSSR count). The average molecular weight is 225 g/mol. The van der Waals surface area contributed by atoms with E-state index in [0.29, 0.717) is 5.92 Å². The minimum atomic E-state index is 0.653. The smallest absolute Gasteiger partial charge is 0.0410 e. The first-order valence-corrected chi connectivity index (χ1v) is 5.79. The molecule has 1 heterocycles. The van der Waals surface area contributed by atoms with Crippen LogP contribution in [0.2, 0.25) is 5.02 Å². The zero-order valence-electron chi connectivity index (χ0n) is 9.04. The summed E-state index contributed by atoms with van der Waals surface area (Å²) < 4.78 is 0. The highest BCUT2D eigenvalue weighted by atomic mass is 35.5. The quantitative estimate of drug-likeness (QED) is 0.836. The molecule has 0 spiro atoms. The Morgan fingerprint density at radius 3 is 2.93 bits per heavy atom. The normalized spacial score (nSPS) is 21.0. The third-order valence-electron chi connectivity index (χ3n) is 3.12. The lowest BCUT2D eigenvalue weighted by molar-refractivity contribution is 0.602. The maximum atomic E-state index is 5.94. The highest BCUT2D eigenvalue weighted by Crippen LogP contribution is 2.28. The van der Waals surface area contributed by atoms with Gasteiger partial charge in [-0.25, -0.2) is 0 Å². The van der Waals surface area contributed by atoms with E-state index in [9.17, 15) is 0 Å². The van der Waals surface area contributed by atoms with Crippen molar-refractivity contribution < 1.29 is 0 Å². The number of nitrogens with two attached hydrogens (primary N) is 1. The summed E-state index contributed by atoms with van der Waals surface area (Å²) in [6.07, 6.45) is 1.21. The number of hydrogen-bond acceptors (Lipinski definition) is 2. The number of halogens is 1. The van der Waals surface area contributed by atoms with Crippen LogP contribution in [0.25, 0.3) is 0 Å². The summed E-state index contributed by atoms with van der Waals surface area (Å²) in [6.45, 7) is 5.10. The molecular weight excluding hydrogens is 208 g/mol. The van der Waals surface area contributed by atoms with Gasteiger partial charge in [-0.05, 0) is 49.6 Å². The molecule has 1 aliphatic rings. The van der Waals surface area contributed by atoms with Crippen molar-refractivity contribution in [1.82, 2.24) is 0 Å². The molecule has 3 heteroatoms. The Morgan fingerprint density at radius 1 is 1.53 bits per heavy atom. The van der Waals surface area contributed by atoms with Gasteiger partial charge < -0.3 is 10.6 Å². The SMILES string of the molecule is Cc1cc(Cl)ccc1N1CCC(CN)C1. The Bertz CT molecular complexity index is 351. The Morgan fingerprint density at radius 2 is 2.33 bits per heavy atom. The first kappa shape index (κ1) is 10.8. The monoisotopic (exact) mass is 224 g/mol. The molecule has 1 aromatic rings. The summed E-state index contributed by atoms with van der Waals surface area (Å²) >= 11 is 5.94. The molecule has 0 radical (unpaired) electrons.